The third-order valence-electron chi connectivity index (χ3n) is 9.62. The Hall–Kier alpha value is -4.40. The summed E-state index contributed by atoms with van der Waals surface area (Å²) in [4.78, 5) is 53.0. The van der Waals surface area contributed by atoms with Crippen LogP contribution in [-0.2, 0) is 28.5 Å². The van der Waals surface area contributed by atoms with Gasteiger partial charge in [-0.3, -0.25) is 4.79 Å². The van der Waals surface area contributed by atoms with E-state index in [9.17, 15) is 29.4 Å². The summed E-state index contributed by atoms with van der Waals surface area (Å²) in [7, 11) is 0. The molecule has 2 bridgehead atoms. The van der Waals surface area contributed by atoms with Crippen LogP contribution in [0.4, 0.5) is 0 Å². The zero-order chi connectivity index (χ0) is 33.1. The summed E-state index contributed by atoms with van der Waals surface area (Å²) in [6.45, 7) is 5.25. The van der Waals surface area contributed by atoms with Crippen molar-refractivity contribution in [3.63, 3.8) is 0 Å². The summed E-state index contributed by atoms with van der Waals surface area (Å²) < 4.78 is 45.6. The van der Waals surface area contributed by atoms with Crippen LogP contribution in [0.15, 0.2) is 69.0 Å². The van der Waals surface area contributed by atoms with Crippen molar-refractivity contribution in [1.82, 2.24) is 0 Å². The van der Waals surface area contributed by atoms with E-state index in [4.69, 9.17) is 36.9 Å². The Morgan fingerprint density at radius 2 is 1.37 bits per heavy atom. The summed E-state index contributed by atoms with van der Waals surface area (Å²) in [6.07, 6.45) is 0.845. The lowest BCUT2D eigenvalue weighted by Gasteiger charge is -2.65. The van der Waals surface area contributed by atoms with E-state index in [1.54, 1.807) is 13.8 Å². The van der Waals surface area contributed by atoms with Crippen LogP contribution in [0.2, 0.25) is 0 Å². The Morgan fingerprint density at radius 1 is 0.848 bits per heavy atom. The highest BCUT2D eigenvalue weighted by atomic mass is 16.6. The van der Waals surface area contributed by atoms with E-state index < -0.39 is 89.5 Å². The average Bonchev–Trinajstić information content (AvgIpc) is 3.80. The number of esters is 4. The Kier molecular flexibility index (Phi) is 7.65. The smallest absolute Gasteiger partial charge is 0.341 e. The van der Waals surface area contributed by atoms with Gasteiger partial charge >= 0.3 is 23.9 Å². The molecule has 1 aliphatic heterocycles. The molecule has 3 fully saturated rings. The van der Waals surface area contributed by atoms with E-state index >= 15 is 0 Å². The molecule has 0 aromatic carbocycles. The summed E-state index contributed by atoms with van der Waals surface area (Å²) in [5.41, 5.74) is -7.32. The molecule has 0 radical (unpaired) electrons. The third kappa shape index (κ3) is 4.74. The Bertz CT molecular complexity index is 1590. The molecule has 4 heterocycles. The van der Waals surface area contributed by atoms with Crippen molar-refractivity contribution in [1.29, 1.82) is 0 Å². The number of furan rings is 3. The van der Waals surface area contributed by atoms with Gasteiger partial charge in [-0.05, 0) is 45.4 Å². The molecular weight excluding hydrogens is 608 g/mol. The minimum atomic E-state index is -2.11. The van der Waals surface area contributed by atoms with Gasteiger partial charge in [-0.1, -0.05) is 0 Å². The number of carbonyl (C=O) groups is 4. The molecule has 2 aliphatic carbocycles. The molecule has 3 aliphatic rings. The van der Waals surface area contributed by atoms with E-state index in [1.807, 2.05) is 0 Å². The Balaban J connectivity index is 1.57. The van der Waals surface area contributed by atoms with Gasteiger partial charge in [0.25, 0.3) is 0 Å². The minimum Gasteiger partial charge on any atom is -0.472 e. The highest BCUT2D eigenvalue weighted by molar-refractivity contribution is 5.90. The molecule has 6 rings (SSSR count). The number of aliphatic hydroxyl groups excluding tert-OH is 1. The van der Waals surface area contributed by atoms with E-state index in [0.29, 0.717) is 0 Å². The van der Waals surface area contributed by atoms with Gasteiger partial charge in [0.1, 0.15) is 48.6 Å². The highest BCUT2D eigenvalue weighted by Crippen LogP contribution is 2.68. The van der Waals surface area contributed by atoms with Gasteiger partial charge in [0, 0.05) is 19.3 Å². The SMILES string of the molecule is CC(=O)OCC12C(OC(=O)c3ccoc3)CC3C(O)C1(OC3(C)C)C(C)(O)CC(OC(=O)c1ccoc1)C2OC(=O)c1ccoc1. The number of hydrogen-bond acceptors (Lipinski definition) is 14. The lowest BCUT2D eigenvalue weighted by Crippen LogP contribution is -2.83. The van der Waals surface area contributed by atoms with Crippen molar-refractivity contribution < 1.29 is 66.3 Å². The number of hydrogen-bond donors (Lipinski definition) is 2. The predicted molar refractivity (Wildman–Crippen MR) is 150 cm³/mol. The van der Waals surface area contributed by atoms with E-state index in [2.05, 4.69) is 0 Å². The van der Waals surface area contributed by atoms with Crippen molar-refractivity contribution in [2.45, 2.75) is 81.8 Å². The maximum Gasteiger partial charge on any atom is 0.341 e. The van der Waals surface area contributed by atoms with Gasteiger partial charge in [0.2, 0.25) is 0 Å². The Morgan fingerprint density at radius 3 is 1.87 bits per heavy atom. The van der Waals surface area contributed by atoms with Crippen LogP contribution >= 0.6 is 0 Å². The van der Waals surface area contributed by atoms with Crippen LogP contribution in [-0.4, -0.2) is 81.9 Å². The van der Waals surface area contributed by atoms with Crippen molar-refractivity contribution >= 4 is 23.9 Å². The maximum atomic E-state index is 13.6. The molecule has 2 N–H and O–H groups in total. The molecule has 8 unspecified atom stereocenters. The number of fused-ring (bicyclic) bond motifs is 1. The van der Waals surface area contributed by atoms with Crippen LogP contribution in [0.1, 0.15) is 71.6 Å². The molecule has 3 aromatic rings. The van der Waals surface area contributed by atoms with Crippen LogP contribution in [0, 0.1) is 11.3 Å². The first-order valence-corrected chi connectivity index (χ1v) is 14.7. The molecule has 1 saturated heterocycles. The van der Waals surface area contributed by atoms with Crippen LogP contribution < -0.4 is 0 Å². The van der Waals surface area contributed by atoms with Crippen molar-refractivity contribution in [3.8, 4) is 0 Å². The highest BCUT2D eigenvalue weighted by Gasteiger charge is 2.85. The molecule has 0 amide bonds. The second-order valence-corrected chi connectivity index (χ2v) is 12.7. The molecule has 8 atom stereocenters. The lowest BCUT2D eigenvalue weighted by molar-refractivity contribution is -0.352. The average molecular weight is 643 g/mol. The van der Waals surface area contributed by atoms with E-state index in [0.717, 1.165) is 19.5 Å². The first-order chi connectivity index (χ1) is 21.7. The lowest BCUT2D eigenvalue weighted by atomic mass is 9.46. The van der Waals surface area contributed by atoms with Crippen molar-refractivity contribution in [3.05, 3.63) is 72.5 Å². The topological polar surface area (TPSA) is 194 Å². The van der Waals surface area contributed by atoms with E-state index in [-0.39, 0.29) is 23.1 Å². The quantitative estimate of drug-likeness (QED) is 0.269. The molecule has 2 saturated carbocycles. The summed E-state index contributed by atoms with van der Waals surface area (Å²) >= 11 is 0. The van der Waals surface area contributed by atoms with Crippen molar-refractivity contribution in [2.24, 2.45) is 11.3 Å². The number of aliphatic hydroxyl groups is 2. The number of ether oxygens (including phenoxy) is 5. The molecule has 14 nitrogen and oxygen atoms in total. The van der Waals surface area contributed by atoms with Gasteiger partial charge in [-0.15, -0.1) is 0 Å². The molecule has 1 spiro atoms. The zero-order valence-electron chi connectivity index (χ0n) is 25.5. The molecule has 3 aromatic heterocycles. The fourth-order valence-corrected chi connectivity index (χ4v) is 7.65. The largest absolute Gasteiger partial charge is 0.472 e. The molecule has 246 valence electrons. The van der Waals surface area contributed by atoms with Gasteiger partial charge in [-0.2, -0.15) is 0 Å². The van der Waals surface area contributed by atoms with Gasteiger partial charge in [-0.25, -0.2) is 14.4 Å². The Labute approximate surface area is 262 Å². The summed E-state index contributed by atoms with van der Waals surface area (Å²) in [5.74, 6) is -4.15. The first-order valence-electron chi connectivity index (χ1n) is 14.7. The molecule has 46 heavy (non-hydrogen) atoms. The van der Waals surface area contributed by atoms with E-state index in [1.165, 1.54) is 50.2 Å². The minimum absolute atomic E-state index is 0.0113. The zero-order valence-corrected chi connectivity index (χ0v) is 25.5. The normalized spacial score (nSPS) is 34.3. The molecule has 14 heteroatoms. The summed E-state index contributed by atoms with van der Waals surface area (Å²) in [5, 5.41) is 24.5. The van der Waals surface area contributed by atoms with Crippen LogP contribution in [0.3, 0.4) is 0 Å². The van der Waals surface area contributed by atoms with Crippen molar-refractivity contribution in [2.75, 3.05) is 6.61 Å². The summed E-state index contributed by atoms with van der Waals surface area (Å²) in [6, 6.07) is 4.09. The second kappa shape index (κ2) is 11.1. The molecular formula is C32H34O14. The number of carbonyl (C=O) groups excluding carboxylic acids is 4. The van der Waals surface area contributed by atoms with Gasteiger partial charge in [0.05, 0.1) is 52.8 Å². The fourth-order valence-electron chi connectivity index (χ4n) is 7.65. The van der Waals surface area contributed by atoms with Gasteiger partial charge < -0.3 is 47.1 Å². The predicted octanol–water partition coefficient (Wildman–Crippen LogP) is 3.07. The fraction of sp³-hybridized carbons (Fsp3) is 0.500. The second-order valence-electron chi connectivity index (χ2n) is 12.7. The number of rotatable bonds is 8. The van der Waals surface area contributed by atoms with Gasteiger partial charge in [0.15, 0.2) is 6.10 Å². The van der Waals surface area contributed by atoms with Crippen LogP contribution in [0.5, 0.6) is 0 Å². The third-order valence-corrected chi connectivity index (χ3v) is 9.62. The van der Waals surface area contributed by atoms with Crippen LogP contribution in [0.25, 0.3) is 0 Å². The first kappa shape index (κ1) is 31.6. The standard InChI is InChI=1S/C32H34O14/c1-17(33)42-16-31-23(44-27(36)19-6-9-40-14-19)11-21-24(34)32(31,46-29(21,2)3)30(4,38)12-22(43-26(35)18-5-8-39-13-18)25(31)45-28(37)20-7-10-41-15-20/h5-10,13-15,21-25,34,38H,11-12,16H2,1-4H3. The monoisotopic (exact) mass is 642 g/mol. The maximum absolute atomic E-state index is 13.6.